The quantitative estimate of drug-likeness (QED) is 0.690. The number of fused-ring (bicyclic) bond motifs is 1. The Balaban J connectivity index is 2.41. The van der Waals surface area contributed by atoms with E-state index in [4.69, 9.17) is 0 Å². The maximum absolute atomic E-state index is 10.2. The van der Waals surface area contributed by atoms with E-state index >= 15 is 0 Å². The van der Waals surface area contributed by atoms with Crippen molar-refractivity contribution in [1.82, 2.24) is 4.98 Å². The van der Waals surface area contributed by atoms with Crippen LogP contribution in [0.3, 0.4) is 0 Å². The van der Waals surface area contributed by atoms with E-state index in [0.29, 0.717) is 5.75 Å². The van der Waals surface area contributed by atoms with E-state index in [0.717, 1.165) is 22.2 Å². The zero-order chi connectivity index (χ0) is 15.1. The summed E-state index contributed by atoms with van der Waals surface area (Å²) in [5.74, 6) is 0.293. The highest BCUT2D eigenvalue weighted by molar-refractivity contribution is 5.98. The monoisotopic (exact) mass is 277 g/mol. The van der Waals surface area contributed by atoms with Crippen molar-refractivity contribution in [3.05, 3.63) is 58.8 Å². The first kappa shape index (κ1) is 13.6. The summed E-state index contributed by atoms with van der Waals surface area (Å²) in [6, 6.07) is 12.1. The molecule has 0 amide bonds. The molecule has 0 fully saturated rings. The van der Waals surface area contributed by atoms with Crippen molar-refractivity contribution in [3.63, 3.8) is 0 Å². The Bertz CT molecular complexity index is 827. The van der Waals surface area contributed by atoms with Gasteiger partial charge in [-0.2, -0.15) is 0 Å². The Kier molecular flexibility index (Phi) is 3.17. The molecule has 3 rings (SSSR count). The molecule has 0 aliphatic carbocycles. The van der Waals surface area contributed by atoms with Crippen molar-refractivity contribution >= 4 is 10.9 Å². The molecular weight excluding hydrogens is 258 g/mol. The number of hydrogen-bond donors (Lipinski definition) is 1. The number of pyridine rings is 1. The van der Waals surface area contributed by atoms with Crippen LogP contribution < -0.4 is 0 Å². The first-order valence-electron chi connectivity index (χ1n) is 7.15. The van der Waals surface area contributed by atoms with Gasteiger partial charge in [0.05, 0.1) is 5.52 Å². The van der Waals surface area contributed by atoms with Gasteiger partial charge in [0.1, 0.15) is 5.75 Å². The molecule has 0 aliphatic heterocycles. The largest absolute Gasteiger partial charge is 0.507 e. The van der Waals surface area contributed by atoms with Gasteiger partial charge in [-0.25, -0.2) is 0 Å². The number of aromatic hydroxyl groups is 1. The summed E-state index contributed by atoms with van der Waals surface area (Å²) in [4.78, 5) is 4.66. The first-order valence-corrected chi connectivity index (χ1v) is 7.15. The topological polar surface area (TPSA) is 33.1 Å². The van der Waals surface area contributed by atoms with Gasteiger partial charge in [0, 0.05) is 22.7 Å². The summed E-state index contributed by atoms with van der Waals surface area (Å²) in [6.45, 7) is 8.28. The van der Waals surface area contributed by atoms with Crippen molar-refractivity contribution < 1.29 is 5.11 Å². The molecule has 0 radical (unpaired) electrons. The van der Waals surface area contributed by atoms with Crippen molar-refractivity contribution in [3.8, 4) is 16.9 Å². The van der Waals surface area contributed by atoms with Crippen LogP contribution in [0, 0.1) is 27.7 Å². The fraction of sp³-hybridized carbons (Fsp3) is 0.211. The number of aryl methyl sites for hydroxylation is 4. The molecule has 1 aromatic heterocycles. The lowest BCUT2D eigenvalue weighted by atomic mass is 9.92. The maximum Gasteiger partial charge on any atom is 0.126 e. The molecule has 0 saturated heterocycles. The van der Waals surface area contributed by atoms with Gasteiger partial charge in [-0.15, -0.1) is 0 Å². The van der Waals surface area contributed by atoms with E-state index < -0.39 is 0 Å². The van der Waals surface area contributed by atoms with Crippen molar-refractivity contribution in [2.45, 2.75) is 27.7 Å². The van der Waals surface area contributed by atoms with E-state index in [2.05, 4.69) is 44.0 Å². The Morgan fingerprint density at radius 2 is 1.57 bits per heavy atom. The molecule has 0 spiro atoms. The van der Waals surface area contributed by atoms with E-state index in [1.807, 2.05) is 19.1 Å². The molecule has 0 atom stereocenters. The number of para-hydroxylation sites is 1. The lowest BCUT2D eigenvalue weighted by molar-refractivity contribution is 0.480. The molecule has 2 aromatic carbocycles. The van der Waals surface area contributed by atoms with Crippen molar-refractivity contribution in [2.75, 3.05) is 0 Å². The van der Waals surface area contributed by atoms with Crippen LogP contribution in [0.15, 0.2) is 36.4 Å². The highest BCUT2D eigenvalue weighted by Crippen LogP contribution is 2.35. The van der Waals surface area contributed by atoms with Crippen LogP contribution >= 0.6 is 0 Å². The lowest BCUT2D eigenvalue weighted by Gasteiger charge is -2.14. The van der Waals surface area contributed by atoms with Gasteiger partial charge >= 0.3 is 0 Å². The number of rotatable bonds is 1. The third-order valence-corrected chi connectivity index (χ3v) is 3.89. The normalized spacial score (nSPS) is 11.0. The van der Waals surface area contributed by atoms with Crippen LogP contribution in [0.5, 0.6) is 5.75 Å². The average molecular weight is 277 g/mol. The Hall–Kier alpha value is -2.35. The Labute approximate surface area is 125 Å². The summed E-state index contributed by atoms with van der Waals surface area (Å²) in [5.41, 5.74) is 7.73. The second kappa shape index (κ2) is 4.88. The molecule has 1 heterocycles. The molecule has 2 nitrogen and oxygen atoms in total. The zero-order valence-electron chi connectivity index (χ0n) is 12.9. The summed E-state index contributed by atoms with van der Waals surface area (Å²) in [5, 5.41) is 11.0. The summed E-state index contributed by atoms with van der Waals surface area (Å²) < 4.78 is 0. The standard InChI is InChI=1S/C19H19NO/c1-11-8-12(2)18(13(3)9-11)16-7-5-6-15-17(21)10-14(4)20-19(15)16/h5-10H,1-4H3,(H,20,21). The van der Waals surface area contributed by atoms with E-state index in [1.165, 1.54) is 22.3 Å². The van der Waals surface area contributed by atoms with Crippen LogP contribution in [-0.2, 0) is 0 Å². The molecule has 0 bridgehead atoms. The zero-order valence-corrected chi connectivity index (χ0v) is 12.9. The minimum absolute atomic E-state index is 0.293. The van der Waals surface area contributed by atoms with Crippen LogP contribution in [0.1, 0.15) is 22.4 Å². The second-order valence-corrected chi connectivity index (χ2v) is 5.76. The predicted octanol–water partition coefficient (Wildman–Crippen LogP) is 4.84. The van der Waals surface area contributed by atoms with E-state index in [1.54, 1.807) is 6.07 Å². The number of nitrogens with zero attached hydrogens (tertiary/aromatic N) is 1. The third kappa shape index (κ3) is 2.27. The Morgan fingerprint density at radius 3 is 2.24 bits per heavy atom. The van der Waals surface area contributed by atoms with E-state index in [-0.39, 0.29) is 0 Å². The molecule has 0 unspecified atom stereocenters. The number of aromatic nitrogens is 1. The summed E-state index contributed by atoms with van der Waals surface area (Å²) in [7, 11) is 0. The molecule has 0 saturated carbocycles. The molecular formula is C19H19NO. The third-order valence-electron chi connectivity index (χ3n) is 3.89. The van der Waals surface area contributed by atoms with Crippen LogP contribution in [0.2, 0.25) is 0 Å². The molecule has 1 N–H and O–H groups in total. The Morgan fingerprint density at radius 1 is 0.905 bits per heavy atom. The average Bonchev–Trinajstić information content (AvgIpc) is 2.38. The summed E-state index contributed by atoms with van der Waals surface area (Å²) in [6.07, 6.45) is 0. The molecule has 2 heteroatoms. The second-order valence-electron chi connectivity index (χ2n) is 5.76. The molecule has 106 valence electrons. The lowest BCUT2D eigenvalue weighted by Crippen LogP contribution is -1.93. The predicted molar refractivity (Wildman–Crippen MR) is 87.8 cm³/mol. The van der Waals surface area contributed by atoms with E-state index in [9.17, 15) is 5.11 Å². The van der Waals surface area contributed by atoms with Gasteiger partial charge in [-0.05, 0) is 50.5 Å². The molecule has 3 aromatic rings. The fourth-order valence-electron chi connectivity index (χ4n) is 3.16. The van der Waals surface area contributed by atoms with Crippen LogP contribution in [-0.4, -0.2) is 10.1 Å². The van der Waals surface area contributed by atoms with Gasteiger partial charge in [-0.3, -0.25) is 4.98 Å². The minimum atomic E-state index is 0.293. The van der Waals surface area contributed by atoms with Gasteiger partial charge in [0.25, 0.3) is 0 Å². The summed E-state index contributed by atoms with van der Waals surface area (Å²) >= 11 is 0. The smallest absolute Gasteiger partial charge is 0.126 e. The fourth-order valence-corrected chi connectivity index (χ4v) is 3.16. The minimum Gasteiger partial charge on any atom is -0.507 e. The van der Waals surface area contributed by atoms with Crippen molar-refractivity contribution in [2.24, 2.45) is 0 Å². The molecule has 0 aliphatic rings. The SMILES string of the molecule is Cc1cc(C)c(-c2cccc3c(O)cc(C)nc23)c(C)c1. The highest BCUT2D eigenvalue weighted by atomic mass is 16.3. The van der Waals surface area contributed by atoms with Crippen LogP contribution in [0.25, 0.3) is 22.0 Å². The van der Waals surface area contributed by atoms with Crippen molar-refractivity contribution in [1.29, 1.82) is 0 Å². The first-order chi connectivity index (χ1) is 9.97. The maximum atomic E-state index is 10.2. The number of benzene rings is 2. The highest BCUT2D eigenvalue weighted by Gasteiger charge is 2.13. The van der Waals surface area contributed by atoms with Gasteiger partial charge in [0.15, 0.2) is 0 Å². The van der Waals surface area contributed by atoms with Gasteiger partial charge in [0.2, 0.25) is 0 Å². The number of hydrogen-bond acceptors (Lipinski definition) is 2. The molecule has 21 heavy (non-hydrogen) atoms. The van der Waals surface area contributed by atoms with Gasteiger partial charge < -0.3 is 5.11 Å². The van der Waals surface area contributed by atoms with Crippen LogP contribution in [0.4, 0.5) is 0 Å². The van der Waals surface area contributed by atoms with Gasteiger partial charge in [-0.1, -0.05) is 29.8 Å².